The van der Waals surface area contributed by atoms with Gasteiger partial charge in [0.25, 0.3) is 5.56 Å². The average molecular weight is 299 g/mol. The first kappa shape index (κ1) is 13.8. The van der Waals surface area contributed by atoms with Gasteiger partial charge in [-0.15, -0.1) is 0 Å². The summed E-state index contributed by atoms with van der Waals surface area (Å²) in [5.41, 5.74) is 3.23. The maximum atomic E-state index is 12.6. The van der Waals surface area contributed by atoms with Crippen LogP contribution in [0.3, 0.4) is 0 Å². The molecule has 0 bridgehead atoms. The summed E-state index contributed by atoms with van der Waals surface area (Å²) in [5.74, 6) is 0. The van der Waals surface area contributed by atoms with Crippen molar-refractivity contribution in [3.8, 4) is 0 Å². The van der Waals surface area contributed by atoms with E-state index in [9.17, 15) is 4.79 Å². The van der Waals surface area contributed by atoms with Crippen molar-refractivity contribution in [2.45, 2.75) is 13.5 Å². The number of benzene rings is 3. The Morgan fingerprint density at radius 3 is 2.39 bits per heavy atom. The smallest absolute Gasteiger partial charge is 0.251 e. The van der Waals surface area contributed by atoms with Crippen molar-refractivity contribution >= 4 is 21.7 Å². The van der Waals surface area contributed by atoms with Crippen LogP contribution in [0.2, 0.25) is 0 Å². The first-order valence-electron chi connectivity index (χ1n) is 7.80. The lowest BCUT2D eigenvalue weighted by molar-refractivity contribution is 0.798. The quantitative estimate of drug-likeness (QED) is 0.534. The molecule has 1 heterocycles. The third-order valence-electron chi connectivity index (χ3n) is 4.43. The number of fused-ring (bicyclic) bond motifs is 2. The lowest BCUT2D eigenvalue weighted by Gasteiger charge is -2.13. The van der Waals surface area contributed by atoms with Crippen molar-refractivity contribution < 1.29 is 0 Å². The molecule has 4 rings (SSSR count). The van der Waals surface area contributed by atoms with Gasteiger partial charge in [0.05, 0.1) is 12.1 Å². The minimum Gasteiger partial charge on any atom is -0.304 e. The predicted molar refractivity (Wildman–Crippen MR) is 96.0 cm³/mol. The summed E-state index contributed by atoms with van der Waals surface area (Å²) in [7, 11) is 0. The third kappa shape index (κ3) is 2.33. The highest BCUT2D eigenvalue weighted by Gasteiger charge is 2.08. The molecule has 0 atom stereocenters. The van der Waals surface area contributed by atoms with Crippen LogP contribution in [0.25, 0.3) is 21.7 Å². The number of aryl methyl sites for hydroxylation is 1. The summed E-state index contributed by atoms with van der Waals surface area (Å²) < 4.78 is 1.87. The van der Waals surface area contributed by atoms with Crippen LogP contribution in [-0.4, -0.2) is 4.57 Å². The molecule has 0 aliphatic rings. The average Bonchev–Trinajstić information content (AvgIpc) is 2.59. The summed E-state index contributed by atoms with van der Waals surface area (Å²) in [4.78, 5) is 12.6. The van der Waals surface area contributed by atoms with E-state index in [0.717, 1.165) is 16.5 Å². The van der Waals surface area contributed by atoms with Crippen molar-refractivity contribution in [3.63, 3.8) is 0 Å². The molecule has 0 N–H and O–H groups in total. The molecular formula is C21H17NO. The number of hydrogen-bond donors (Lipinski definition) is 0. The lowest BCUT2D eigenvalue weighted by atomic mass is 10.0. The van der Waals surface area contributed by atoms with Gasteiger partial charge in [0.2, 0.25) is 0 Å². The highest BCUT2D eigenvalue weighted by atomic mass is 16.1. The van der Waals surface area contributed by atoms with E-state index in [2.05, 4.69) is 36.4 Å². The highest BCUT2D eigenvalue weighted by molar-refractivity contribution is 5.86. The molecule has 0 saturated carbocycles. The minimum absolute atomic E-state index is 0.0501. The fourth-order valence-corrected chi connectivity index (χ4v) is 3.27. The van der Waals surface area contributed by atoms with Gasteiger partial charge in [-0.1, -0.05) is 60.7 Å². The van der Waals surface area contributed by atoms with Crippen LogP contribution in [0.1, 0.15) is 11.1 Å². The molecule has 0 aliphatic heterocycles. The first-order valence-corrected chi connectivity index (χ1v) is 7.80. The molecule has 2 nitrogen and oxygen atoms in total. The van der Waals surface area contributed by atoms with Crippen molar-refractivity contribution in [1.82, 2.24) is 4.57 Å². The van der Waals surface area contributed by atoms with E-state index in [1.165, 1.54) is 16.3 Å². The maximum Gasteiger partial charge on any atom is 0.251 e. The van der Waals surface area contributed by atoms with Gasteiger partial charge in [-0.05, 0) is 34.9 Å². The molecule has 1 aromatic heterocycles. The number of rotatable bonds is 2. The SMILES string of the molecule is Cc1cc(=O)n(Cc2cccc3ccccc23)c2ccccc12. The predicted octanol–water partition coefficient (Wildman–Crippen LogP) is 4.51. The van der Waals surface area contributed by atoms with E-state index >= 15 is 0 Å². The Labute approximate surface area is 134 Å². The Kier molecular flexibility index (Phi) is 3.23. The molecule has 0 unspecified atom stereocenters. The molecule has 2 heteroatoms. The number of pyridine rings is 1. The number of nitrogens with zero attached hydrogens (tertiary/aromatic N) is 1. The van der Waals surface area contributed by atoms with Gasteiger partial charge in [0.15, 0.2) is 0 Å². The second kappa shape index (κ2) is 5.40. The Morgan fingerprint density at radius 1 is 0.826 bits per heavy atom. The highest BCUT2D eigenvalue weighted by Crippen LogP contribution is 2.21. The van der Waals surface area contributed by atoms with E-state index in [4.69, 9.17) is 0 Å². The summed E-state index contributed by atoms with van der Waals surface area (Å²) in [6.45, 7) is 2.58. The molecule has 0 amide bonds. The van der Waals surface area contributed by atoms with Crippen molar-refractivity contribution in [2.75, 3.05) is 0 Å². The van der Waals surface area contributed by atoms with Crippen molar-refractivity contribution in [3.05, 3.63) is 94.3 Å². The number of para-hydroxylation sites is 1. The zero-order chi connectivity index (χ0) is 15.8. The van der Waals surface area contributed by atoms with Crippen LogP contribution in [0, 0.1) is 6.92 Å². The number of aromatic nitrogens is 1. The van der Waals surface area contributed by atoms with Gasteiger partial charge in [-0.25, -0.2) is 0 Å². The Hall–Kier alpha value is -2.87. The maximum absolute atomic E-state index is 12.6. The van der Waals surface area contributed by atoms with Crippen LogP contribution in [0.4, 0.5) is 0 Å². The number of hydrogen-bond acceptors (Lipinski definition) is 1. The largest absolute Gasteiger partial charge is 0.304 e. The molecule has 0 aliphatic carbocycles. The lowest BCUT2D eigenvalue weighted by Crippen LogP contribution is -2.21. The van der Waals surface area contributed by atoms with Gasteiger partial charge >= 0.3 is 0 Å². The van der Waals surface area contributed by atoms with Crippen LogP contribution in [0.5, 0.6) is 0 Å². The third-order valence-corrected chi connectivity index (χ3v) is 4.43. The summed E-state index contributed by atoms with van der Waals surface area (Å²) in [5, 5.41) is 3.54. The Morgan fingerprint density at radius 2 is 1.52 bits per heavy atom. The summed E-state index contributed by atoms with van der Waals surface area (Å²) in [6.07, 6.45) is 0. The van der Waals surface area contributed by atoms with Crippen LogP contribution >= 0.6 is 0 Å². The summed E-state index contributed by atoms with van der Waals surface area (Å²) in [6, 6.07) is 24.4. The Balaban J connectivity index is 1.95. The molecular weight excluding hydrogens is 282 g/mol. The van der Waals surface area contributed by atoms with E-state index < -0.39 is 0 Å². The zero-order valence-corrected chi connectivity index (χ0v) is 13.0. The molecule has 0 fully saturated rings. The second-order valence-electron chi connectivity index (χ2n) is 5.91. The minimum atomic E-state index is 0.0501. The molecule has 0 radical (unpaired) electrons. The van der Waals surface area contributed by atoms with Crippen LogP contribution < -0.4 is 5.56 Å². The monoisotopic (exact) mass is 299 g/mol. The first-order chi connectivity index (χ1) is 11.2. The van der Waals surface area contributed by atoms with E-state index in [0.29, 0.717) is 6.54 Å². The molecule has 0 saturated heterocycles. The molecule has 3 aromatic carbocycles. The van der Waals surface area contributed by atoms with Crippen molar-refractivity contribution in [2.24, 2.45) is 0 Å². The zero-order valence-electron chi connectivity index (χ0n) is 13.0. The van der Waals surface area contributed by atoms with Gasteiger partial charge < -0.3 is 4.57 Å². The second-order valence-corrected chi connectivity index (χ2v) is 5.91. The van der Waals surface area contributed by atoms with Gasteiger partial charge in [-0.2, -0.15) is 0 Å². The molecule has 4 aromatic rings. The fourth-order valence-electron chi connectivity index (χ4n) is 3.27. The van der Waals surface area contributed by atoms with E-state index in [-0.39, 0.29) is 5.56 Å². The fraction of sp³-hybridized carbons (Fsp3) is 0.0952. The normalized spacial score (nSPS) is 11.2. The molecule has 0 spiro atoms. The molecule has 23 heavy (non-hydrogen) atoms. The van der Waals surface area contributed by atoms with Crippen LogP contribution in [-0.2, 0) is 6.54 Å². The topological polar surface area (TPSA) is 22.0 Å². The van der Waals surface area contributed by atoms with Gasteiger partial charge in [0, 0.05) is 11.5 Å². The molecule has 112 valence electrons. The Bertz CT molecular complexity index is 1070. The van der Waals surface area contributed by atoms with Crippen molar-refractivity contribution in [1.29, 1.82) is 0 Å². The van der Waals surface area contributed by atoms with Gasteiger partial charge in [-0.3, -0.25) is 4.79 Å². The summed E-state index contributed by atoms with van der Waals surface area (Å²) >= 11 is 0. The van der Waals surface area contributed by atoms with Gasteiger partial charge in [0.1, 0.15) is 0 Å². The van der Waals surface area contributed by atoms with E-state index in [1.54, 1.807) is 6.07 Å². The standard InChI is InChI=1S/C21H17NO/c1-15-13-21(23)22(20-12-5-4-10-18(15)20)14-17-9-6-8-16-7-2-3-11-19(16)17/h2-13H,14H2,1H3. The van der Waals surface area contributed by atoms with Crippen LogP contribution in [0.15, 0.2) is 77.6 Å². The van der Waals surface area contributed by atoms with E-state index in [1.807, 2.05) is 41.8 Å².